The number of hydrogen-bond acceptors (Lipinski definition) is 8. The zero-order valence-corrected chi connectivity index (χ0v) is 45.6. The first-order valence-electron chi connectivity index (χ1n) is 28.1. The van der Waals surface area contributed by atoms with E-state index >= 15 is 0 Å². The number of benzene rings is 4. The largest absolute Gasteiger partial charge is 0.462 e. The second-order valence-corrected chi connectivity index (χ2v) is 21.7. The van der Waals surface area contributed by atoms with Crippen molar-refractivity contribution in [1.29, 1.82) is 0 Å². The van der Waals surface area contributed by atoms with E-state index in [-0.39, 0.29) is 48.1 Å². The van der Waals surface area contributed by atoms with E-state index in [1.54, 1.807) is 24.3 Å². The molecule has 0 radical (unpaired) electrons. The molecule has 2 aliphatic heterocycles. The van der Waals surface area contributed by atoms with E-state index in [2.05, 4.69) is 47.5 Å². The maximum Gasteiger partial charge on any atom is 0.308 e. The Balaban J connectivity index is 0.873. The standard InChI is InChI=1S/C64H76F2N4O8/c1-41(2)59-57(55(43-19-13-11-14-20-43)61(45-23-27-47(65)28-24-45)69(59)35-31-51-37-49(71)39-53(73)77-51)63(75)67-33-17-9-7-5-6-8-10-18-34-68-64(76)58-56(44-21-15-12-16-22-44)62(46-25-29-48(66)30-26-46)70(60(58)42(3)4)36-32-52-38-50(72)40-54(74)78-52/h11-16,19-30,41-42,49-52,71-72H,5-10,17-18,31-40H2,1-4H3,(H,67,75)(H,68,76)/t49-,50-,51-,52-/m1/s1. The van der Waals surface area contributed by atoms with Crippen LogP contribution in [0.15, 0.2) is 109 Å². The lowest BCUT2D eigenvalue weighted by atomic mass is 9.94. The molecule has 8 rings (SSSR count). The van der Waals surface area contributed by atoms with Gasteiger partial charge in [0.05, 0.1) is 47.6 Å². The van der Waals surface area contributed by atoms with Crippen LogP contribution in [0.1, 0.15) is 162 Å². The Morgan fingerprint density at radius 2 is 0.872 bits per heavy atom. The highest BCUT2D eigenvalue weighted by molar-refractivity contribution is 6.07. The fraction of sp³-hybridized carbons (Fsp3) is 0.438. The summed E-state index contributed by atoms with van der Waals surface area (Å²) in [6.07, 6.45) is 6.62. The fourth-order valence-electron chi connectivity index (χ4n) is 11.5. The van der Waals surface area contributed by atoms with Crippen molar-refractivity contribution in [2.24, 2.45) is 0 Å². The maximum absolute atomic E-state index is 14.6. The van der Waals surface area contributed by atoms with Gasteiger partial charge in [-0.3, -0.25) is 19.2 Å². The van der Waals surface area contributed by atoms with Gasteiger partial charge in [-0.1, -0.05) is 127 Å². The molecule has 78 heavy (non-hydrogen) atoms. The topological polar surface area (TPSA) is 161 Å². The molecule has 4 heterocycles. The van der Waals surface area contributed by atoms with Crippen molar-refractivity contribution in [3.63, 3.8) is 0 Å². The number of aromatic nitrogens is 2. The lowest BCUT2D eigenvalue weighted by Crippen LogP contribution is -2.33. The molecule has 0 aliphatic carbocycles. The Hall–Kier alpha value is -6.90. The lowest BCUT2D eigenvalue weighted by molar-refractivity contribution is -0.161. The Morgan fingerprint density at radius 3 is 1.21 bits per heavy atom. The second kappa shape index (κ2) is 27.1. The van der Waals surface area contributed by atoms with Gasteiger partial charge < -0.3 is 39.5 Å². The summed E-state index contributed by atoms with van der Waals surface area (Å²) in [5, 5.41) is 27.2. The van der Waals surface area contributed by atoms with Crippen LogP contribution in [-0.4, -0.2) is 80.6 Å². The number of carbonyl (C=O) groups excluding carboxylic acids is 4. The molecule has 2 fully saturated rings. The van der Waals surface area contributed by atoms with Crippen molar-refractivity contribution in [2.75, 3.05) is 13.1 Å². The quantitative estimate of drug-likeness (QED) is 0.0325. The van der Waals surface area contributed by atoms with Crippen LogP contribution in [-0.2, 0) is 32.2 Å². The summed E-state index contributed by atoms with van der Waals surface area (Å²) in [4.78, 5) is 53.7. The highest BCUT2D eigenvalue weighted by Gasteiger charge is 2.35. The number of unbranched alkanes of at least 4 members (excludes halogenated alkanes) is 7. The number of aliphatic hydroxyl groups excluding tert-OH is 2. The number of esters is 2. The third-order valence-corrected chi connectivity index (χ3v) is 15.0. The monoisotopic (exact) mass is 1070 g/mol. The third-order valence-electron chi connectivity index (χ3n) is 15.0. The normalized spacial score (nSPS) is 17.6. The maximum atomic E-state index is 14.6. The molecule has 6 aromatic rings. The SMILES string of the molecule is CC(C)c1c(C(=O)NCCCCCCCCCCNC(=O)c2c(-c3ccccc3)c(-c3ccc(F)cc3)n(CC[C@@H]3C[C@@H](O)CC(=O)O3)c2C(C)C)c(-c2ccccc2)c(-c2ccc(F)cc2)n1CC[C@@H]1C[C@@H](O)CC(=O)O1. The fourth-order valence-corrected chi connectivity index (χ4v) is 11.5. The molecule has 4 atom stereocenters. The summed E-state index contributed by atoms with van der Waals surface area (Å²) in [6.45, 7) is 10.0. The first-order valence-corrected chi connectivity index (χ1v) is 28.1. The van der Waals surface area contributed by atoms with E-state index in [1.165, 1.54) is 24.3 Å². The van der Waals surface area contributed by atoms with E-state index in [9.17, 15) is 38.2 Å². The molecule has 2 aromatic heterocycles. The van der Waals surface area contributed by atoms with Gasteiger partial charge in [0, 0.05) is 74.4 Å². The van der Waals surface area contributed by atoms with Crippen LogP contribution >= 0.6 is 0 Å². The van der Waals surface area contributed by atoms with Crippen molar-refractivity contribution in [3.05, 3.63) is 143 Å². The van der Waals surface area contributed by atoms with Crippen LogP contribution in [0, 0.1) is 11.6 Å². The summed E-state index contributed by atoms with van der Waals surface area (Å²) in [5.74, 6) is -2.11. The number of carbonyl (C=O) groups is 4. The van der Waals surface area contributed by atoms with Gasteiger partial charge in [-0.15, -0.1) is 0 Å². The van der Waals surface area contributed by atoms with Crippen LogP contribution in [0.25, 0.3) is 44.8 Å². The molecule has 12 nitrogen and oxygen atoms in total. The van der Waals surface area contributed by atoms with Crippen molar-refractivity contribution < 1.29 is 47.6 Å². The Kier molecular flexibility index (Phi) is 19.9. The highest BCUT2D eigenvalue weighted by Crippen LogP contribution is 2.44. The van der Waals surface area contributed by atoms with Crippen LogP contribution in [0.4, 0.5) is 8.78 Å². The minimum atomic E-state index is -0.768. The molecular formula is C64H76F2N4O8. The number of nitrogens with one attached hydrogen (secondary N) is 2. The average molecular weight is 1070 g/mol. The van der Waals surface area contributed by atoms with Crippen molar-refractivity contribution in [3.8, 4) is 44.8 Å². The van der Waals surface area contributed by atoms with Crippen LogP contribution in [0.2, 0.25) is 0 Å². The molecule has 4 aromatic carbocycles. The van der Waals surface area contributed by atoms with Gasteiger partial charge in [0.1, 0.15) is 23.8 Å². The van der Waals surface area contributed by atoms with Crippen LogP contribution in [0.3, 0.4) is 0 Å². The van der Waals surface area contributed by atoms with Crippen molar-refractivity contribution in [2.45, 2.75) is 167 Å². The number of hydrogen-bond donors (Lipinski definition) is 4. The van der Waals surface area contributed by atoms with Crippen molar-refractivity contribution in [1.82, 2.24) is 19.8 Å². The van der Waals surface area contributed by atoms with Gasteiger partial charge in [-0.2, -0.15) is 0 Å². The van der Waals surface area contributed by atoms with Gasteiger partial charge in [0.2, 0.25) is 0 Å². The predicted octanol–water partition coefficient (Wildman–Crippen LogP) is 12.7. The lowest BCUT2D eigenvalue weighted by Gasteiger charge is -2.27. The predicted molar refractivity (Wildman–Crippen MR) is 300 cm³/mol. The Morgan fingerprint density at radius 1 is 0.526 bits per heavy atom. The molecule has 0 saturated carbocycles. The molecule has 4 N–H and O–H groups in total. The zero-order valence-electron chi connectivity index (χ0n) is 45.6. The molecule has 2 saturated heterocycles. The summed E-state index contributed by atoms with van der Waals surface area (Å²) in [6, 6.07) is 32.2. The Labute approximate surface area is 457 Å². The molecule has 14 heteroatoms. The number of ether oxygens (including phenoxy) is 2. The smallest absolute Gasteiger partial charge is 0.308 e. The number of aliphatic hydroxyl groups is 2. The molecular weight excluding hydrogens is 991 g/mol. The van der Waals surface area contributed by atoms with E-state index in [4.69, 9.17) is 9.47 Å². The van der Waals surface area contributed by atoms with E-state index in [0.717, 1.165) is 108 Å². The van der Waals surface area contributed by atoms with E-state index < -0.39 is 36.4 Å². The summed E-state index contributed by atoms with van der Waals surface area (Å²) >= 11 is 0. The Bertz CT molecular complexity index is 2770. The third kappa shape index (κ3) is 14.2. The molecule has 0 spiro atoms. The molecule has 2 amide bonds. The van der Waals surface area contributed by atoms with Crippen LogP contribution < -0.4 is 10.6 Å². The second-order valence-electron chi connectivity index (χ2n) is 21.7. The summed E-state index contributed by atoms with van der Waals surface area (Å²) < 4.78 is 44.3. The van der Waals surface area contributed by atoms with Gasteiger partial charge in [0.25, 0.3) is 11.8 Å². The minimum absolute atomic E-state index is 0.0253. The first-order chi connectivity index (χ1) is 37.7. The molecule has 2 aliphatic rings. The minimum Gasteiger partial charge on any atom is -0.462 e. The number of cyclic esters (lactones) is 2. The van der Waals surface area contributed by atoms with Gasteiger partial charge in [-0.25, -0.2) is 8.78 Å². The summed E-state index contributed by atoms with van der Waals surface area (Å²) in [7, 11) is 0. The van der Waals surface area contributed by atoms with Gasteiger partial charge in [-0.05, 0) is 95.5 Å². The highest BCUT2D eigenvalue weighted by atomic mass is 19.1. The van der Waals surface area contributed by atoms with Gasteiger partial charge in [0.15, 0.2) is 0 Å². The first kappa shape index (κ1) is 57.3. The van der Waals surface area contributed by atoms with E-state index in [1.807, 2.05) is 60.7 Å². The number of halogens is 2. The number of nitrogens with zero attached hydrogens (tertiary/aromatic N) is 2. The summed E-state index contributed by atoms with van der Waals surface area (Å²) in [5.41, 5.74) is 9.11. The van der Waals surface area contributed by atoms with Crippen molar-refractivity contribution >= 4 is 23.8 Å². The average Bonchev–Trinajstić information content (AvgIpc) is 4.08. The van der Waals surface area contributed by atoms with E-state index in [0.29, 0.717) is 63.0 Å². The zero-order chi connectivity index (χ0) is 55.3. The van der Waals surface area contributed by atoms with Crippen LogP contribution in [0.5, 0.6) is 0 Å². The molecule has 0 bridgehead atoms. The molecule has 0 unspecified atom stereocenters. The number of amides is 2. The van der Waals surface area contributed by atoms with Gasteiger partial charge >= 0.3 is 11.9 Å². The molecule has 414 valence electrons. The number of rotatable bonds is 25.